The summed E-state index contributed by atoms with van der Waals surface area (Å²) in [7, 11) is 4.09. The largest absolute Gasteiger partial charge is 0.354 e. The molecule has 1 aromatic carbocycles. The number of pyridine rings is 2. The van der Waals surface area contributed by atoms with E-state index in [0.29, 0.717) is 0 Å². The molecule has 4 heterocycles. The van der Waals surface area contributed by atoms with Gasteiger partial charge in [0.1, 0.15) is 11.6 Å². The number of fused-ring (bicyclic) bond motifs is 1. The Morgan fingerprint density at radius 1 is 0.939 bits per heavy atom. The molecule has 0 amide bonds. The summed E-state index contributed by atoms with van der Waals surface area (Å²) in [5.41, 5.74) is 5.05. The van der Waals surface area contributed by atoms with Gasteiger partial charge in [-0.3, -0.25) is 4.68 Å². The highest BCUT2D eigenvalue weighted by molar-refractivity contribution is 5.89. The highest BCUT2D eigenvalue weighted by atomic mass is 15.3. The molecule has 0 unspecified atom stereocenters. The first-order chi connectivity index (χ1) is 15.9. The van der Waals surface area contributed by atoms with Crippen LogP contribution in [0.3, 0.4) is 0 Å². The van der Waals surface area contributed by atoms with Crippen molar-refractivity contribution in [3.63, 3.8) is 0 Å². The van der Waals surface area contributed by atoms with E-state index in [1.165, 1.54) is 0 Å². The lowest BCUT2D eigenvalue weighted by Crippen LogP contribution is -2.44. The van der Waals surface area contributed by atoms with Gasteiger partial charge in [-0.1, -0.05) is 18.7 Å². The van der Waals surface area contributed by atoms with E-state index in [1.807, 2.05) is 37.2 Å². The Bertz CT molecular complexity index is 1320. The number of aryl methyl sites for hydroxylation is 2. The molecule has 1 aliphatic heterocycles. The van der Waals surface area contributed by atoms with Crippen LogP contribution in [0, 0.1) is 6.92 Å². The Hall–Kier alpha value is -3.71. The van der Waals surface area contributed by atoms with Gasteiger partial charge in [0.15, 0.2) is 0 Å². The van der Waals surface area contributed by atoms with E-state index in [-0.39, 0.29) is 0 Å². The summed E-state index contributed by atoms with van der Waals surface area (Å²) in [6, 6.07) is 12.6. The van der Waals surface area contributed by atoms with Gasteiger partial charge in [-0.05, 0) is 49.2 Å². The third-order valence-electron chi connectivity index (χ3n) is 6.15. The number of anilines is 2. The number of benzene rings is 1. The number of likely N-dealkylation sites (N-methyl/N-ethyl adjacent to an activating group) is 1. The predicted molar refractivity (Wildman–Crippen MR) is 135 cm³/mol. The Labute approximate surface area is 194 Å². The van der Waals surface area contributed by atoms with Gasteiger partial charge < -0.3 is 15.1 Å². The first kappa shape index (κ1) is 21.2. The van der Waals surface area contributed by atoms with Gasteiger partial charge in [0.2, 0.25) is 0 Å². The van der Waals surface area contributed by atoms with Gasteiger partial charge in [0, 0.05) is 73.5 Å². The fraction of sp³-hybridized carbons (Fsp3) is 0.269. The van der Waals surface area contributed by atoms with Gasteiger partial charge in [-0.15, -0.1) is 0 Å². The van der Waals surface area contributed by atoms with Crippen molar-refractivity contribution in [3.05, 3.63) is 72.8 Å². The van der Waals surface area contributed by atoms with E-state index in [4.69, 9.17) is 4.98 Å². The third kappa shape index (κ3) is 4.59. The second kappa shape index (κ2) is 8.67. The Morgan fingerprint density at radius 2 is 1.76 bits per heavy atom. The summed E-state index contributed by atoms with van der Waals surface area (Å²) in [5, 5.41) is 9.90. The van der Waals surface area contributed by atoms with Crippen LogP contribution in [0.2, 0.25) is 0 Å². The maximum atomic E-state index is 4.77. The topological polar surface area (TPSA) is 62.1 Å². The smallest absolute Gasteiger partial charge is 0.130 e. The van der Waals surface area contributed by atoms with Crippen LogP contribution in [0.25, 0.3) is 27.6 Å². The van der Waals surface area contributed by atoms with Crippen LogP contribution in [0.5, 0.6) is 0 Å². The lowest BCUT2D eigenvalue weighted by Gasteiger charge is -2.33. The lowest BCUT2D eigenvalue weighted by molar-refractivity contribution is 0.312. The molecule has 0 atom stereocenters. The fourth-order valence-electron chi connectivity index (χ4n) is 4.21. The van der Waals surface area contributed by atoms with E-state index in [9.17, 15) is 0 Å². The maximum Gasteiger partial charge on any atom is 0.130 e. The molecule has 1 saturated heterocycles. The molecule has 0 bridgehead atoms. The van der Waals surface area contributed by atoms with E-state index in [1.54, 1.807) is 0 Å². The summed E-state index contributed by atoms with van der Waals surface area (Å²) >= 11 is 0. The molecule has 3 aromatic heterocycles. The van der Waals surface area contributed by atoms with Crippen molar-refractivity contribution in [2.45, 2.75) is 6.92 Å². The molecule has 0 radical (unpaired) electrons. The maximum absolute atomic E-state index is 4.77. The van der Waals surface area contributed by atoms with Crippen LogP contribution in [0.1, 0.15) is 11.3 Å². The number of aromatic nitrogens is 4. The van der Waals surface area contributed by atoms with Crippen LogP contribution in [0.4, 0.5) is 11.6 Å². The highest BCUT2D eigenvalue weighted by Gasteiger charge is 2.17. The molecule has 7 nitrogen and oxygen atoms in total. The average Bonchev–Trinajstić information content (AvgIpc) is 3.25. The summed E-state index contributed by atoms with van der Waals surface area (Å²) in [6.07, 6.45) is 5.80. The van der Waals surface area contributed by atoms with Crippen molar-refractivity contribution in [2.24, 2.45) is 7.05 Å². The Kier molecular flexibility index (Phi) is 5.56. The summed E-state index contributed by atoms with van der Waals surface area (Å²) < 4.78 is 1.82. The molecule has 168 valence electrons. The molecule has 0 spiro atoms. The zero-order valence-electron chi connectivity index (χ0n) is 19.4. The predicted octanol–water partition coefficient (Wildman–Crippen LogP) is 4.17. The first-order valence-corrected chi connectivity index (χ1v) is 11.2. The van der Waals surface area contributed by atoms with Crippen LogP contribution in [-0.2, 0) is 7.05 Å². The minimum absolute atomic E-state index is 0.770. The first-order valence-electron chi connectivity index (χ1n) is 11.2. The summed E-state index contributed by atoms with van der Waals surface area (Å²) in [6.45, 7) is 10.4. The average molecular weight is 440 g/mol. The molecule has 0 aliphatic carbocycles. The number of rotatable bonds is 5. The Balaban J connectivity index is 1.38. The highest BCUT2D eigenvalue weighted by Crippen LogP contribution is 2.27. The molecule has 4 aromatic rings. The number of nitrogens with one attached hydrogen (secondary N) is 1. The fourth-order valence-corrected chi connectivity index (χ4v) is 4.21. The van der Waals surface area contributed by atoms with Gasteiger partial charge >= 0.3 is 0 Å². The molecule has 5 rings (SSSR count). The molecular weight excluding hydrogens is 410 g/mol. The molecular formula is C26H29N7. The van der Waals surface area contributed by atoms with Crippen LogP contribution in [0.15, 0.2) is 61.6 Å². The molecule has 1 N–H and O–H groups in total. The quantitative estimate of drug-likeness (QED) is 0.504. The molecule has 0 saturated carbocycles. The standard InChI is InChI=1S/C26H29N7/c1-18-11-22(14-26(29-18)33-9-7-31(3)8-10-33)19(2)30-25-13-23-12-20(5-6-21(23)15-27-25)24-16-28-32(4)17-24/h5-6,11-17H,2,7-10H2,1,3-4H3,(H,27,30). The van der Waals surface area contributed by atoms with E-state index in [2.05, 4.69) is 75.2 Å². The number of hydrogen-bond donors (Lipinski definition) is 1. The number of piperazine rings is 1. The normalized spacial score (nSPS) is 14.6. The lowest BCUT2D eigenvalue weighted by atomic mass is 10.0. The van der Waals surface area contributed by atoms with E-state index >= 15 is 0 Å². The van der Waals surface area contributed by atoms with Gasteiger partial charge in [-0.2, -0.15) is 5.10 Å². The minimum Gasteiger partial charge on any atom is -0.354 e. The number of hydrogen-bond acceptors (Lipinski definition) is 6. The van der Waals surface area contributed by atoms with Crippen LogP contribution in [-0.4, -0.2) is 57.9 Å². The Morgan fingerprint density at radius 3 is 2.52 bits per heavy atom. The SMILES string of the molecule is C=C(Nc1cc2cc(-c3cnn(C)c3)ccc2cn1)c1cc(C)nc(N2CCN(C)CC2)c1. The van der Waals surface area contributed by atoms with Gasteiger partial charge in [0.05, 0.1) is 6.20 Å². The van der Waals surface area contributed by atoms with Crippen molar-refractivity contribution >= 4 is 28.1 Å². The van der Waals surface area contributed by atoms with Crippen molar-refractivity contribution in [3.8, 4) is 11.1 Å². The van der Waals surface area contributed by atoms with Crippen LogP contribution < -0.4 is 10.2 Å². The molecule has 33 heavy (non-hydrogen) atoms. The van der Waals surface area contributed by atoms with Crippen molar-refractivity contribution in [1.29, 1.82) is 0 Å². The second-order valence-corrected chi connectivity index (χ2v) is 8.78. The monoisotopic (exact) mass is 439 g/mol. The van der Waals surface area contributed by atoms with E-state index in [0.717, 1.165) is 76.7 Å². The molecule has 1 fully saturated rings. The summed E-state index contributed by atoms with van der Waals surface area (Å²) in [5.74, 6) is 1.78. The second-order valence-electron chi connectivity index (χ2n) is 8.78. The minimum atomic E-state index is 0.770. The number of nitrogens with zero attached hydrogens (tertiary/aromatic N) is 6. The van der Waals surface area contributed by atoms with E-state index < -0.39 is 0 Å². The zero-order valence-corrected chi connectivity index (χ0v) is 19.4. The van der Waals surface area contributed by atoms with Gasteiger partial charge in [-0.25, -0.2) is 9.97 Å². The summed E-state index contributed by atoms with van der Waals surface area (Å²) in [4.78, 5) is 14.1. The van der Waals surface area contributed by atoms with Crippen LogP contribution >= 0.6 is 0 Å². The van der Waals surface area contributed by atoms with Crippen molar-refractivity contribution in [1.82, 2.24) is 24.6 Å². The molecule has 1 aliphatic rings. The zero-order chi connectivity index (χ0) is 22.9. The molecule has 7 heteroatoms. The third-order valence-corrected chi connectivity index (χ3v) is 6.15. The van der Waals surface area contributed by atoms with Gasteiger partial charge in [0.25, 0.3) is 0 Å². The van der Waals surface area contributed by atoms with Crippen molar-refractivity contribution in [2.75, 3.05) is 43.4 Å². The van der Waals surface area contributed by atoms with Crippen molar-refractivity contribution < 1.29 is 0 Å².